The molecule has 1 rings (SSSR count). The van der Waals surface area contributed by atoms with Crippen LogP contribution < -0.4 is 0 Å². The summed E-state index contributed by atoms with van der Waals surface area (Å²) in [6, 6.07) is 4.17. The van der Waals surface area contributed by atoms with Gasteiger partial charge in [-0.1, -0.05) is 33.8 Å². The molecule has 1 nitrogen and oxygen atoms in total. The molecule has 15 heavy (non-hydrogen) atoms. The minimum Gasteiger partial charge on any atom is -0.264 e. The van der Waals surface area contributed by atoms with Gasteiger partial charge >= 0.3 is 0 Å². The highest BCUT2D eigenvalue weighted by Gasteiger charge is 2.22. The number of hydrogen-bond donors (Lipinski definition) is 0. The van der Waals surface area contributed by atoms with E-state index in [1.54, 1.807) is 5.92 Å². The van der Waals surface area contributed by atoms with Crippen molar-refractivity contribution >= 4 is 0 Å². The average molecular weight is 204 g/mol. The van der Waals surface area contributed by atoms with E-state index >= 15 is 0 Å². The Balaban J connectivity index is 2.49. The van der Waals surface area contributed by atoms with E-state index in [1.165, 1.54) is 18.4 Å². The maximum Gasteiger partial charge on any atom is 0.0299 e. The van der Waals surface area contributed by atoms with Crippen LogP contribution in [0.1, 0.15) is 46.1 Å². The zero-order valence-corrected chi connectivity index (χ0v) is 10.4. The van der Waals surface area contributed by atoms with Crippen molar-refractivity contribution in [2.75, 3.05) is 0 Å². The topological polar surface area (TPSA) is 12.9 Å². The molecular weight excluding hydrogens is 182 g/mol. The smallest absolute Gasteiger partial charge is 0.0299 e. The van der Waals surface area contributed by atoms with Gasteiger partial charge in [-0.15, -0.1) is 0 Å². The van der Waals surface area contributed by atoms with Gasteiger partial charge in [0.25, 0.3) is 0 Å². The third kappa shape index (κ3) is 4.03. The van der Waals surface area contributed by atoms with Crippen LogP contribution in [-0.4, -0.2) is 4.98 Å². The summed E-state index contributed by atoms with van der Waals surface area (Å²) in [4.78, 5) is 4.14. The van der Waals surface area contributed by atoms with Gasteiger partial charge in [-0.05, 0) is 42.2 Å². The van der Waals surface area contributed by atoms with Crippen LogP contribution >= 0.6 is 0 Å². The molecule has 1 aromatic heterocycles. The van der Waals surface area contributed by atoms with Gasteiger partial charge in [-0.3, -0.25) is 4.98 Å². The van der Waals surface area contributed by atoms with Crippen LogP contribution in [0.25, 0.3) is 0 Å². The number of hydrogen-bond acceptors (Lipinski definition) is 1. The summed E-state index contributed by atoms with van der Waals surface area (Å²) in [5.74, 6) is 1.64. The van der Waals surface area contributed by atoms with Gasteiger partial charge in [0.05, 0.1) is 0 Å². The van der Waals surface area contributed by atoms with Crippen LogP contribution in [0.5, 0.6) is 0 Å². The molecule has 0 aliphatic rings. The Kier molecular flexibility index (Phi) is 4.31. The van der Waals surface area contributed by atoms with Gasteiger partial charge in [0.1, 0.15) is 0 Å². The molecule has 1 aromatic rings. The highest BCUT2D eigenvalue weighted by molar-refractivity contribution is 5.11. The Morgan fingerprint density at radius 2 is 2.07 bits per heavy atom. The number of pyridine rings is 1. The Labute approximate surface area is 93.9 Å². The third-order valence-corrected chi connectivity index (χ3v) is 2.93. The largest absolute Gasteiger partial charge is 0.264 e. The first-order chi connectivity index (χ1) is 7.04. The zero-order valence-electron chi connectivity index (χ0n) is 10.4. The SMILES string of the molecule is CC[C](CCc1cccnc1)C(C)(C)C. The number of aryl methyl sites for hydroxylation is 1. The molecule has 0 saturated carbocycles. The molecule has 0 atom stereocenters. The normalized spacial score (nSPS) is 12.1. The lowest BCUT2D eigenvalue weighted by Crippen LogP contribution is -2.18. The molecule has 1 radical (unpaired) electrons. The molecule has 0 amide bonds. The first kappa shape index (κ1) is 12.2. The molecule has 0 fully saturated rings. The number of aromatic nitrogens is 1. The summed E-state index contributed by atoms with van der Waals surface area (Å²) < 4.78 is 0. The van der Waals surface area contributed by atoms with Crippen LogP contribution in [0.2, 0.25) is 0 Å². The van der Waals surface area contributed by atoms with Crippen LogP contribution in [0.3, 0.4) is 0 Å². The second-order valence-corrected chi connectivity index (χ2v) is 5.07. The second-order valence-electron chi connectivity index (χ2n) is 5.07. The fourth-order valence-corrected chi connectivity index (χ4v) is 1.92. The van der Waals surface area contributed by atoms with Crippen LogP contribution in [-0.2, 0) is 6.42 Å². The quantitative estimate of drug-likeness (QED) is 0.721. The van der Waals surface area contributed by atoms with Gasteiger partial charge in [-0.25, -0.2) is 0 Å². The van der Waals surface area contributed by atoms with E-state index in [9.17, 15) is 0 Å². The van der Waals surface area contributed by atoms with E-state index in [2.05, 4.69) is 38.7 Å². The molecule has 0 aliphatic heterocycles. The van der Waals surface area contributed by atoms with E-state index in [-0.39, 0.29) is 0 Å². The highest BCUT2D eigenvalue weighted by atomic mass is 14.6. The van der Waals surface area contributed by atoms with Crippen molar-refractivity contribution in [1.29, 1.82) is 0 Å². The van der Waals surface area contributed by atoms with Crippen LogP contribution in [0.4, 0.5) is 0 Å². The Morgan fingerprint density at radius 3 is 2.53 bits per heavy atom. The molecular formula is C14H22N. The fraction of sp³-hybridized carbons (Fsp3) is 0.571. The second kappa shape index (κ2) is 5.29. The van der Waals surface area contributed by atoms with Crippen LogP contribution in [0.15, 0.2) is 24.5 Å². The molecule has 0 unspecified atom stereocenters. The molecule has 83 valence electrons. The number of rotatable bonds is 4. The van der Waals surface area contributed by atoms with Gasteiger partial charge < -0.3 is 0 Å². The van der Waals surface area contributed by atoms with E-state index in [0.29, 0.717) is 5.41 Å². The third-order valence-electron chi connectivity index (χ3n) is 2.93. The molecule has 0 saturated heterocycles. The monoisotopic (exact) mass is 204 g/mol. The van der Waals surface area contributed by atoms with Gasteiger partial charge in [0.2, 0.25) is 0 Å². The summed E-state index contributed by atoms with van der Waals surface area (Å²) in [6.07, 6.45) is 7.29. The summed E-state index contributed by atoms with van der Waals surface area (Å²) in [5.41, 5.74) is 1.68. The van der Waals surface area contributed by atoms with Gasteiger partial charge in [0, 0.05) is 12.4 Å². The summed E-state index contributed by atoms with van der Waals surface area (Å²) in [6.45, 7) is 9.16. The van der Waals surface area contributed by atoms with E-state index in [4.69, 9.17) is 0 Å². The van der Waals surface area contributed by atoms with Crippen molar-refractivity contribution in [3.63, 3.8) is 0 Å². The minimum atomic E-state index is 0.344. The Hall–Kier alpha value is -0.850. The zero-order chi connectivity index (χ0) is 11.3. The minimum absolute atomic E-state index is 0.344. The standard InChI is InChI=1S/C14H22N/c1-5-13(14(2,3)4)9-8-12-7-6-10-15-11-12/h6-7,10-11H,5,8-9H2,1-4H3. The van der Waals surface area contributed by atoms with Gasteiger partial charge in [0.15, 0.2) is 0 Å². The Bertz CT molecular complexity index is 271. The maximum atomic E-state index is 4.14. The lowest BCUT2D eigenvalue weighted by molar-refractivity contribution is 0.389. The predicted octanol–water partition coefficient (Wildman–Crippen LogP) is 4.04. The van der Waals surface area contributed by atoms with Crippen molar-refractivity contribution in [2.24, 2.45) is 5.41 Å². The summed E-state index contributed by atoms with van der Waals surface area (Å²) in [7, 11) is 0. The first-order valence-corrected chi connectivity index (χ1v) is 5.78. The van der Waals surface area contributed by atoms with E-state index in [1.807, 2.05) is 18.5 Å². The lowest BCUT2D eigenvalue weighted by Gasteiger charge is -2.29. The molecule has 1 heteroatoms. The molecule has 0 aliphatic carbocycles. The van der Waals surface area contributed by atoms with E-state index in [0.717, 1.165) is 6.42 Å². The summed E-state index contributed by atoms with van der Waals surface area (Å²) >= 11 is 0. The van der Waals surface area contributed by atoms with E-state index < -0.39 is 0 Å². The molecule has 0 bridgehead atoms. The molecule has 0 N–H and O–H groups in total. The average Bonchev–Trinajstić information content (AvgIpc) is 2.18. The lowest BCUT2D eigenvalue weighted by atomic mass is 9.76. The summed E-state index contributed by atoms with van der Waals surface area (Å²) in [5, 5.41) is 0. The fourth-order valence-electron chi connectivity index (χ4n) is 1.92. The molecule has 1 heterocycles. The van der Waals surface area contributed by atoms with Crippen molar-refractivity contribution in [3.05, 3.63) is 36.0 Å². The number of nitrogens with zero attached hydrogens (tertiary/aromatic N) is 1. The molecule has 0 aromatic carbocycles. The first-order valence-electron chi connectivity index (χ1n) is 5.78. The maximum absolute atomic E-state index is 4.14. The van der Waals surface area contributed by atoms with Crippen molar-refractivity contribution in [3.8, 4) is 0 Å². The molecule has 0 spiro atoms. The van der Waals surface area contributed by atoms with Crippen molar-refractivity contribution in [1.82, 2.24) is 4.98 Å². The van der Waals surface area contributed by atoms with Gasteiger partial charge in [-0.2, -0.15) is 0 Å². The van der Waals surface area contributed by atoms with Crippen molar-refractivity contribution < 1.29 is 0 Å². The predicted molar refractivity (Wildman–Crippen MR) is 65.5 cm³/mol. The Morgan fingerprint density at radius 1 is 1.33 bits per heavy atom. The van der Waals surface area contributed by atoms with Crippen LogP contribution in [0, 0.1) is 11.3 Å². The van der Waals surface area contributed by atoms with Crippen molar-refractivity contribution in [2.45, 2.75) is 47.0 Å². The highest BCUT2D eigenvalue weighted by Crippen LogP contribution is 2.34.